The van der Waals surface area contributed by atoms with Gasteiger partial charge in [-0.1, -0.05) is 34.1 Å². The summed E-state index contributed by atoms with van der Waals surface area (Å²) in [6.45, 7) is 0. The van der Waals surface area contributed by atoms with Gasteiger partial charge in [0, 0.05) is 17.2 Å². The first-order valence-electron chi connectivity index (χ1n) is 7.28. The van der Waals surface area contributed by atoms with Gasteiger partial charge in [-0.05, 0) is 36.4 Å². The lowest BCUT2D eigenvalue weighted by Crippen LogP contribution is -2.14. The highest BCUT2D eigenvalue weighted by Gasteiger charge is 2.28. The summed E-state index contributed by atoms with van der Waals surface area (Å²) in [7, 11) is 1.70. The zero-order chi connectivity index (χ0) is 17.8. The summed E-state index contributed by atoms with van der Waals surface area (Å²) in [6.07, 6.45) is 1.25. The highest BCUT2D eigenvalue weighted by Crippen LogP contribution is 2.38. The van der Waals surface area contributed by atoms with Crippen LogP contribution >= 0.6 is 15.9 Å². The van der Waals surface area contributed by atoms with Crippen molar-refractivity contribution in [3.8, 4) is 11.6 Å². The third kappa shape index (κ3) is 3.74. The summed E-state index contributed by atoms with van der Waals surface area (Å²) in [5, 5.41) is 11.6. The molecule has 0 atom stereocenters. The maximum atomic E-state index is 11.6. The van der Waals surface area contributed by atoms with Crippen LogP contribution in [-0.2, 0) is 0 Å². The number of nitro groups is 1. The maximum Gasteiger partial charge on any atom is 0.373 e. The van der Waals surface area contributed by atoms with Crippen LogP contribution in [0.4, 0.5) is 17.2 Å². The number of ether oxygens (including phenoxy) is 1. The highest BCUT2D eigenvalue weighted by molar-refractivity contribution is 9.10. The van der Waals surface area contributed by atoms with Gasteiger partial charge in [-0.25, -0.2) is 4.98 Å². The van der Waals surface area contributed by atoms with Gasteiger partial charge >= 0.3 is 11.6 Å². The summed E-state index contributed by atoms with van der Waals surface area (Å²) in [6, 6.07) is 16.2. The Balaban J connectivity index is 2.02. The largest absolute Gasteiger partial charge is 0.434 e. The van der Waals surface area contributed by atoms with Gasteiger partial charge in [0.2, 0.25) is 5.82 Å². The minimum absolute atomic E-state index is 0.111. The molecule has 0 spiro atoms. The van der Waals surface area contributed by atoms with Gasteiger partial charge < -0.3 is 9.64 Å². The van der Waals surface area contributed by atoms with E-state index in [0.29, 0.717) is 5.75 Å². The molecule has 0 bridgehead atoms. The summed E-state index contributed by atoms with van der Waals surface area (Å²) in [4.78, 5) is 20.7. The average Bonchev–Trinajstić information content (AvgIpc) is 2.63. The lowest BCUT2D eigenvalue weighted by atomic mass is 10.3. The van der Waals surface area contributed by atoms with Gasteiger partial charge in [-0.2, -0.15) is 4.98 Å². The minimum Gasteiger partial charge on any atom is -0.434 e. The molecule has 0 unspecified atom stereocenters. The molecule has 3 aromatic rings. The van der Waals surface area contributed by atoms with Crippen LogP contribution in [0, 0.1) is 10.1 Å². The van der Waals surface area contributed by atoms with E-state index in [2.05, 4.69) is 25.9 Å². The van der Waals surface area contributed by atoms with Gasteiger partial charge in [0.05, 0.1) is 4.92 Å². The van der Waals surface area contributed by atoms with Crippen LogP contribution < -0.4 is 9.64 Å². The van der Waals surface area contributed by atoms with E-state index < -0.39 is 4.92 Å². The summed E-state index contributed by atoms with van der Waals surface area (Å²) in [5.74, 6) is 0.483. The lowest BCUT2D eigenvalue weighted by molar-refractivity contribution is -0.385. The first-order chi connectivity index (χ1) is 12.1. The number of anilines is 2. The average molecular weight is 401 g/mol. The van der Waals surface area contributed by atoms with Crippen LogP contribution in [0.2, 0.25) is 0 Å². The van der Waals surface area contributed by atoms with Crippen molar-refractivity contribution in [3.05, 3.63) is 75.5 Å². The van der Waals surface area contributed by atoms with Crippen molar-refractivity contribution in [2.75, 3.05) is 11.9 Å². The topological polar surface area (TPSA) is 81.4 Å². The quantitative estimate of drug-likeness (QED) is 0.455. The van der Waals surface area contributed by atoms with E-state index in [1.165, 1.54) is 6.33 Å². The monoisotopic (exact) mass is 400 g/mol. The summed E-state index contributed by atoms with van der Waals surface area (Å²) in [5.41, 5.74) is 0.468. The molecule has 7 nitrogen and oxygen atoms in total. The van der Waals surface area contributed by atoms with Crippen molar-refractivity contribution in [1.29, 1.82) is 0 Å². The second kappa shape index (κ2) is 7.27. The third-order valence-corrected chi connectivity index (χ3v) is 3.97. The molecule has 0 aliphatic rings. The molecule has 0 aliphatic carbocycles. The Morgan fingerprint density at radius 1 is 1.08 bits per heavy atom. The van der Waals surface area contributed by atoms with Crippen molar-refractivity contribution < 1.29 is 9.66 Å². The number of halogens is 1. The van der Waals surface area contributed by atoms with E-state index in [1.807, 2.05) is 30.3 Å². The molecule has 2 aromatic carbocycles. The molecule has 0 radical (unpaired) electrons. The zero-order valence-electron chi connectivity index (χ0n) is 13.2. The minimum atomic E-state index is -0.539. The van der Waals surface area contributed by atoms with Gasteiger partial charge in [0.1, 0.15) is 12.1 Å². The number of para-hydroxylation sites is 1. The second-order valence-corrected chi connectivity index (χ2v) is 5.97. The van der Waals surface area contributed by atoms with E-state index in [4.69, 9.17) is 4.74 Å². The van der Waals surface area contributed by atoms with E-state index in [1.54, 1.807) is 36.2 Å². The molecule has 0 saturated heterocycles. The SMILES string of the molecule is CN(c1ccccc1)c1ncnc(Oc2ccc(Br)cc2)c1[N+](=O)[O-]. The third-order valence-electron chi connectivity index (χ3n) is 3.44. The number of hydrogen-bond donors (Lipinski definition) is 0. The molecule has 0 amide bonds. The van der Waals surface area contributed by atoms with Crippen LogP contribution in [-0.4, -0.2) is 21.9 Å². The standard InChI is InChI=1S/C17H13BrN4O3/c1-21(13-5-3-2-4-6-13)16-15(22(23)24)17(20-11-19-16)25-14-9-7-12(18)8-10-14/h2-11H,1H3. The van der Waals surface area contributed by atoms with E-state index in [0.717, 1.165) is 10.2 Å². The predicted molar refractivity (Wildman–Crippen MR) is 97.4 cm³/mol. The Bertz CT molecular complexity index is 888. The Labute approximate surface area is 152 Å². The Kier molecular flexibility index (Phi) is 4.90. The van der Waals surface area contributed by atoms with Gasteiger partial charge in [-0.15, -0.1) is 0 Å². The number of aromatic nitrogens is 2. The maximum absolute atomic E-state index is 11.6. The van der Waals surface area contributed by atoms with Gasteiger partial charge in [0.25, 0.3) is 0 Å². The van der Waals surface area contributed by atoms with Gasteiger partial charge in [-0.3, -0.25) is 10.1 Å². The summed E-state index contributed by atoms with van der Waals surface area (Å²) >= 11 is 3.33. The van der Waals surface area contributed by atoms with E-state index >= 15 is 0 Å². The van der Waals surface area contributed by atoms with Crippen molar-refractivity contribution >= 4 is 33.1 Å². The molecule has 8 heteroatoms. The van der Waals surface area contributed by atoms with E-state index in [9.17, 15) is 10.1 Å². The molecular weight excluding hydrogens is 388 g/mol. The molecule has 126 valence electrons. The molecule has 0 saturated carbocycles. The molecule has 25 heavy (non-hydrogen) atoms. The van der Waals surface area contributed by atoms with Crippen molar-refractivity contribution in [1.82, 2.24) is 9.97 Å². The molecular formula is C17H13BrN4O3. The van der Waals surface area contributed by atoms with Crippen molar-refractivity contribution in [2.24, 2.45) is 0 Å². The molecule has 0 N–H and O–H groups in total. The van der Waals surface area contributed by atoms with Crippen molar-refractivity contribution in [2.45, 2.75) is 0 Å². The first kappa shape index (κ1) is 16.8. The Morgan fingerprint density at radius 2 is 1.76 bits per heavy atom. The summed E-state index contributed by atoms with van der Waals surface area (Å²) < 4.78 is 6.49. The molecule has 3 rings (SSSR count). The second-order valence-electron chi connectivity index (χ2n) is 5.06. The van der Waals surface area contributed by atoms with Crippen LogP contribution in [0.5, 0.6) is 11.6 Å². The normalized spacial score (nSPS) is 10.3. The smallest absolute Gasteiger partial charge is 0.373 e. The first-order valence-corrected chi connectivity index (χ1v) is 8.07. The lowest BCUT2D eigenvalue weighted by Gasteiger charge is -2.18. The fourth-order valence-corrected chi connectivity index (χ4v) is 2.49. The van der Waals surface area contributed by atoms with Crippen LogP contribution in [0.3, 0.4) is 0 Å². The van der Waals surface area contributed by atoms with Crippen molar-refractivity contribution in [3.63, 3.8) is 0 Å². The fourth-order valence-electron chi connectivity index (χ4n) is 2.22. The number of rotatable bonds is 5. The van der Waals surface area contributed by atoms with Gasteiger partial charge in [0.15, 0.2) is 0 Å². The molecule has 0 aliphatic heterocycles. The predicted octanol–water partition coefficient (Wildman–Crippen LogP) is 4.71. The number of nitrogens with zero attached hydrogens (tertiary/aromatic N) is 4. The van der Waals surface area contributed by atoms with E-state index in [-0.39, 0.29) is 17.4 Å². The van der Waals surface area contributed by atoms with Crippen LogP contribution in [0.15, 0.2) is 65.4 Å². The molecule has 1 aromatic heterocycles. The Morgan fingerprint density at radius 3 is 2.40 bits per heavy atom. The van der Waals surface area contributed by atoms with Crippen LogP contribution in [0.1, 0.15) is 0 Å². The molecule has 0 fully saturated rings. The molecule has 1 heterocycles. The fraction of sp³-hybridized carbons (Fsp3) is 0.0588. The number of hydrogen-bond acceptors (Lipinski definition) is 6. The zero-order valence-corrected chi connectivity index (χ0v) is 14.8. The number of benzene rings is 2. The Hall–Kier alpha value is -3.00. The van der Waals surface area contributed by atoms with Crippen LogP contribution in [0.25, 0.3) is 0 Å². The highest BCUT2D eigenvalue weighted by atomic mass is 79.9.